The molecule has 2 rings (SSSR count). The number of ether oxygens (including phenoxy) is 1. The summed E-state index contributed by atoms with van der Waals surface area (Å²) in [5, 5.41) is 9.51. The summed E-state index contributed by atoms with van der Waals surface area (Å²) in [6.45, 7) is 0.523. The van der Waals surface area contributed by atoms with E-state index < -0.39 is 0 Å². The molecule has 4 heteroatoms. The van der Waals surface area contributed by atoms with Crippen molar-refractivity contribution in [2.24, 2.45) is 0 Å². The fourth-order valence-corrected chi connectivity index (χ4v) is 2.26. The predicted molar refractivity (Wildman–Crippen MR) is 58.0 cm³/mol. The molecule has 82 valence electrons. The molecule has 0 bridgehead atoms. The molecule has 0 saturated carbocycles. The zero-order chi connectivity index (χ0) is 10.8. The minimum absolute atomic E-state index is 0.209. The fraction of sp³-hybridized carbons (Fsp3) is 0.455. The van der Waals surface area contributed by atoms with Gasteiger partial charge in [0, 0.05) is 17.5 Å². The topological polar surface area (TPSA) is 29.5 Å². The van der Waals surface area contributed by atoms with Crippen LogP contribution in [0.25, 0.3) is 0 Å². The first-order valence-corrected chi connectivity index (χ1v) is 5.70. The molecule has 15 heavy (non-hydrogen) atoms. The van der Waals surface area contributed by atoms with Gasteiger partial charge >= 0.3 is 0 Å². The molecule has 0 radical (unpaired) electrons. The predicted octanol–water partition coefficient (Wildman–Crippen LogP) is 2.80. The molecule has 1 aliphatic rings. The Morgan fingerprint density at radius 3 is 3.00 bits per heavy atom. The lowest BCUT2D eigenvalue weighted by molar-refractivity contribution is -0.0452. The first-order valence-electron chi connectivity index (χ1n) is 4.91. The quantitative estimate of drug-likeness (QED) is 0.854. The number of benzene rings is 1. The van der Waals surface area contributed by atoms with Crippen molar-refractivity contribution in [1.82, 2.24) is 0 Å². The third-order valence-electron chi connectivity index (χ3n) is 2.56. The van der Waals surface area contributed by atoms with E-state index in [1.54, 1.807) is 6.07 Å². The lowest BCUT2D eigenvalue weighted by Crippen LogP contribution is -2.23. The molecule has 1 saturated heterocycles. The van der Waals surface area contributed by atoms with Crippen LogP contribution in [0, 0.1) is 5.82 Å². The van der Waals surface area contributed by atoms with Crippen molar-refractivity contribution >= 4 is 15.9 Å². The molecule has 1 N–H and O–H groups in total. The Balaban J connectivity index is 2.24. The molecule has 1 fully saturated rings. The third kappa shape index (κ3) is 2.56. The number of aliphatic hydroxyl groups is 1. The monoisotopic (exact) mass is 274 g/mol. The summed E-state index contributed by atoms with van der Waals surface area (Å²) in [5.74, 6) is -0.281. The summed E-state index contributed by atoms with van der Waals surface area (Å²) < 4.78 is 19.4. The summed E-state index contributed by atoms with van der Waals surface area (Å²) in [7, 11) is 0. The van der Waals surface area contributed by atoms with Crippen LogP contribution in [-0.4, -0.2) is 17.8 Å². The van der Waals surface area contributed by atoms with Gasteiger partial charge in [0.25, 0.3) is 0 Å². The van der Waals surface area contributed by atoms with Crippen LogP contribution >= 0.6 is 15.9 Å². The van der Waals surface area contributed by atoms with E-state index >= 15 is 0 Å². The first-order chi connectivity index (χ1) is 7.16. The maximum atomic E-state index is 13.1. The minimum Gasteiger partial charge on any atom is -0.393 e. The van der Waals surface area contributed by atoms with Crippen LogP contribution in [0.5, 0.6) is 0 Å². The second-order valence-corrected chi connectivity index (χ2v) is 4.56. The van der Waals surface area contributed by atoms with Crippen molar-refractivity contribution in [3.05, 3.63) is 34.1 Å². The Kier molecular flexibility index (Phi) is 3.38. The molecule has 0 aromatic heterocycles. The largest absolute Gasteiger partial charge is 0.393 e. The average molecular weight is 275 g/mol. The second-order valence-electron chi connectivity index (χ2n) is 3.70. The maximum Gasteiger partial charge on any atom is 0.123 e. The van der Waals surface area contributed by atoms with Crippen molar-refractivity contribution < 1.29 is 14.2 Å². The van der Waals surface area contributed by atoms with Crippen LogP contribution in [0.3, 0.4) is 0 Å². The fourth-order valence-electron chi connectivity index (χ4n) is 1.76. The van der Waals surface area contributed by atoms with Crippen molar-refractivity contribution in [2.45, 2.75) is 25.0 Å². The smallest absolute Gasteiger partial charge is 0.123 e. The van der Waals surface area contributed by atoms with Gasteiger partial charge in [0.15, 0.2) is 0 Å². The van der Waals surface area contributed by atoms with Gasteiger partial charge in [-0.15, -0.1) is 0 Å². The zero-order valence-corrected chi connectivity index (χ0v) is 9.71. The Morgan fingerprint density at radius 2 is 2.27 bits per heavy atom. The van der Waals surface area contributed by atoms with E-state index in [1.807, 2.05) is 0 Å². The summed E-state index contributed by atoms with van der Waals surface area (Å²) >= 11 is 3.36. The Bertz CT molecular complexity index is 356. The normalized spacial score (nSPS) is 26.6. The molecule has 1 aromatic carbocycles. The lowest BCUT2D eigenvalue weighted by Gasteiger charge is -2.27. The molecule has 1 heterocycles. The molecule has 0 spiro atoms. The minimum atomic E-state index is -0.348. The number of halogens is 2. The van der Waals surface area contributed by atoms with E-state index in [0.717, 1.165) is 10.0 Å². The summed E-state index contributed by atoms with van der Waals surface area (Å²) in [4.78, 5) is 0. The highest BCUT2D eigenvalue weighted by Gasteiger charge is 2.24. The van der Waals surface area contributed by atoms with Crippen LogP contribution in [0.2, 0.25) is 0 Å². The molecular formula is C11H12BrFO2. The summed E-state index contributed by atoms with van der Waals surface area (Å²) in [6.07, 6.45) is 0.628. The van der Waals surface area contributed by atoms with Crippen molar-refractivity contribution in [1.29, 1.82) is 0 Å². The second kappa shape index (κ2) is 4.60. The molecule has 1 aromatic rings. The van der Waals surface area contributed by atoms with E-state index in [-0.39, 0.29) is 18.0 Å². The Morgan fingerprint density at radius 1 is 1.47 bits per heavy atom. The number of rotatable bonds is 1. The van der Waals surface area contributed by atoms with Crippen LogP contribution in [0.15, 0.2) is 22.7 Å². The molecule has 0 aliphatic carbocycles. The Hall–Kier alpha value is -0.450. The van der Waals surface area contributed by atoms with Gasteiger partial charge < -0.3 is 9.84 Å². The highest BCUT2D eigenvalue weighted by Crippen LogP contribution is 2.33. The van der Waals surface area contributed by atoms with Gasteiger partial charge in [-0.3, -0.25) is 0 Å². The van der Waals surface area contributed by atoms with Crippen molar-refractivity contribution in [2.75, 3.05) is 6.61 Å². The van der Waals surface area contributed by atoms with Crippen molar-refractivity contribution in [3.8, 4) is 0 Å². The van der Waals surface area contributed by atoms with Gasteiger partial charge in [0.1, 0.15) is 5.82 Å². The van der Waals surface area contributed by atoms with Gasteiger partial charge in [-0.1, -0.05) is 15.9 Å². The van der Waals surface area contributed by atoms with Crippen LogP contribution < -0.4 is 0 Å². The molecule has 2 unspecified atom stereocenters. The van der Waals surface area contributed by atoms with Gasteiger partial charge in [0.05, 0.1) is 12.2 Å². The highest BCUT2D eigenvalue weighted by molar-refractivity contribution is 9.10. The van der Waals surface area contributed by atoms with Gasteiger partial charge in [-0.2, -0.15) is 0 Å². The summed E-state index contributed by atoms with van der Waals surface area (Å²) in [6, 6.07) is 4.51. The van der Waals surface area contributed by atoms with Crippen LogP contribution in [0.4, 0.5) is 4.39 Å². The highest BCUT2D eigenvalue weighted by atomic mass is 79.9. The molecule has 2 atom stereocenters. The van der Waals surface area contributed by atoms with Crippen LogP contribution in [0.1, 0.15) is 24.5 Å². The van der Waals surface area contributed by atoms with E-state index in [1.165, 1.54) is 12.1 Å². The molecule has 2 nitrogen and oxygen atoms in total. The standard InChI is InChI=1S/C11H12BrFO2/c12-10-2-1-7(13)5-9(10)11-6-8(14)3-4-15-11/h1-2,5,8,11,14H,3-4,6H2. The average Bonchev–Trinajstić information content (AvgIpc) is 2.22. The molecule has 0 amide bonds. The van der Waals surface area contributed by atoms with Crippen molar-refractivity contribution in [3.63, 3.8) is 0 Å². The summed E-state index contributed by atoms with van der Waals surface area (Å²) in [5.41, 5.74) is 0.772. The van der Waals surface area contributed by atoms with E-state index in [4.69, 9.17) is 4.74 Å². The maximum absolute atomic E-state index is 13.1. The van der Waals surface area contributed by atoms with E-state index in [9.17, 15) is 9.50 Å². The number of hydrogen-bond acceptors (Lipinski definition) is 2. The zero-order valence-electron chi connectivity index (χ0n) is 8.12. The van der Waals surface area contributed by atoms with Gasteiger partial charge in [-0.05, 0) is 30.2 Å². The third-order valence-corrected chi connectivity index (χ3v) is 3.28. The van der Waals surface area contributed by atoms with Crippen LogP contribution in [-0.2, 0) is 4.74 Å². The SMILES string of the molecule is OC1CCOC(c2cc(F)ccc2Br)C1. The van der Waals surface area contributed by atoms with E-state index in [2.05, 4.69) is 15.9 Å². The Labute approximate surface area is 96.2 Å². The van der Waals surface area contributed by atoms with Gasteiger partial charge in [-0.25, -0.2) is 4.39 Å². The number of hydrogen-bond donors (Lipinski definition) is 1. The van der Waals surface area contributed by atoms with Gasteiger partial charge in [0.2, 0.25) is 0 Å². The lowest BCUT2D eigenvalue weighted by atomic mass is 9.99. The van der Waals surface area contributed by atoms with E-state index in [0.29, 0.717) is 19.4 Å². The first kappa shape index (κ1) is 11.0. The molecular weight excluding hydrogens is 263 g/mol. The molecule has 1 aliphatic heterocycles. The number of aliphatic hydroxyl groups excluding tert-OH is 1.